The maximum Gasteiger partial charge on any atom is 0.267 e. The third-order valence-corrected chi connectivity index (χ3v) is 4.14. The number of nitrogens with zero attached hydrogens (tertiary/aromatic N) is 4. The highest BCUT2D eigenvalue weighted by atomic mass is 16.2. The van der Waals surface area contributed by atoms with E-state index in [9.17, 15) is 9.59 Å². The van der Waals surface area contributed by atoms with Gasteiger partial charge in [-0.15, -0.1) is 5.10 Å². The number of anilines is 1. The Balaban J connectivity index is 1.80. The highest BCUT2D eigenvalue weighted by Crippen LogP contribution is 2.18. The molecule has 0 aliphatic rings. The molecule has 1 amide bonds. The normalized spacial score (nSPS) is 12.2. The average molecular weight is 351 g/mol. The van der Waals surface area contributed by atoms with Crippen molar-refractivity contribution in [1.82, 2.24) is 19.6 Å². The molecule has 2 heterocycles. The molecule has 1 N–H and O–H groups in total. The number of benzene rings is 1. The van der Waals surface area contributed by atoms with Crippen molar-refractivity contribution < 1.29 is 4.79 Å². The number of amides is 1. The molecule has 7 heteroatoms. The molecule has 0 radical (unpaired) electrons. The summed E-state index contributed by atoms with van der Waals surface area (Å²) < 4.78 is 2.69. The van der Waals surface area contributed by atoms with Crippen molar-refractivity contribution in [2.45, 2.75) is 32.7 Å². The lowest BCUT2D eigenvalue weighted by molar-refractivity contribution is -0.119. The van der Waals surface area contributed by atoms with Crippen molar-refractivity contribution in [2.24, 2.45) is 0 Å². The van der Waals surface area contributed by atoms with Crippen LogP contribution in [0.25, 0.3) is 5.82 Å². The molecule has 0 fully saturated rings. The van der Waals surface area contributed by atoms with Gasteiger partial charge in [0.2, 0.25) is 5.91 Å². The number of carbonyl (C=O) groups is 1. The van der Waals surface area contributed by atoms with E-state index >= 15 is 0 Å². The molecular weight excluding hydrogens is 330 g/mol. The second kappa shape index (κ2) is 7.35. The van der Waals surface area contributed by atoms with Crippen LogP contribution in [0, 0.1) is 0 Å². The first kappa shape index (κ1) is 17.6. The highest BCUT2D eigenvalue weighted by molar-refractivity contribution is 5.93. The average Bonchev–Trinajstić information content (AvgIpc) is 3.16. The molecule has 0 spiro atoms. The summed E-state index contributed by atoms with van der Waals surface area (Å²) in [4.78, 5) is 24.7. The Hall–Kier alpha value is -3.22. The molecule has 0 aliphatic carbocycles. The van der Waals surface area contributed by atoms with Gasteiger partial charge in [-0.2, -0.15) is 5.10 Å². The first-order chi connectivity index (χ1) is 12.5. The fourth-order valence-corrected chi connectivity index (χ4v) is 2.53. The number of rotatable bonds is 5. The Morgan fingerprint density at radius 1 is 1.08 bits per heavy atom. The highest BCUT2D eigenvalue weighted by Gasteiger charge is 2.18. The van der Waals surface area contributed by atoms with Gasteiger partial charge in [-0.05, 0) is 42.7 Å². The lowest BCUT2D eigenvalue weighted by Crippen LogP contribution is -2.33. The van der Waals surface area contributed by atoms with Crippen molar-refractivity contribution in [1.29, 1.82) is 0 Å². The van der Waals surface area contributed by atoms with E-state index in [1.807, 2.05) is 24.3 Å². The minimum atomic E-state index is -0.761. The van der Waals surface area contributed by atoms with Crippen LogP contribution in [0.1, 0.15) is 38.3 Å². The van der Waals surface area contributed by atoms with Crippen LogP contribution in [0.5, 0.6) is 0 Å². The molecule has 1 atom stereocenters. The summed E-state index contributed by atoms with van der Waals surface area (Å²) in [6.45, 7) is 5.86. The predicted molar refractivity (Wildman–Crippen MR) is 99.5 cm³/mol. The maximum atomic E-state index is 12.5. The fourth-order valence-electron chi connectivity index (χ4n) is 2.53. The van der Waals surface area contributed by atoms with E-state index in [-0.39, 0.29) is 11.5 Å². The molecule has 1 aromatic carbocycles. The van der Waals surface area contributed by atoms with Gasteiger partial charge in [-0.25, -0.2) is 9.36 Å². The Morgan fingerprint density at radius 3 is 2.42 bits per heavy atom. The molecule has 2 aromatic heterocycles. The van der Waals surface area contributed by atoms with Gasteiger partial charge in [-0.3, -0.25) is 9.59 Å². The van der Waals surface area contributed by atoms with E-state index in [2.05, 4.69) is 29.4 Å². The molecule has 0 aliphatic heterocycles. The van der Waals surface area contributed by atoms with Gasteiger partial charge in [0.1, 0.15) is 6.04 Å². The largest absolute Gasteiger partial charge is 0.324 e. The first-order valence-electron chi connectivity index (χ1n) is 8.46. The summed E-state index contributed by atoms with van der Waals surface area (Å²) in [7, 11) is 0. The van der Waals surface area contributed by atoms with Crippen molar-refractivity contribution in [2.75, 3.05) is 5.32 Å². The SMILES string of the molecule is CC(C)c1ccc(NC(=O)C(C)n2nc(-n3cccn3)ccc2=O)cc1. The lowest BCUT2D eigenvalue weighted by atomic mass is 10.0. The number of carbonyl (C=O) groups excluding carboxylic acids is 1. The summed E-state index contributed by atoms with van der Waals surface area (Å²) in [6.07, 6.45) is 3.34. The van der Waals surface area contributed by atoms with Gasteiger partial charge in [0.15, 0.2) is 5.82 Å². The Morgan fingerprint density at radius 2 is 1.81 bits per heavy atom. The van der Waals surface area contributed by atoms with Crippen LogP contribution in [-0.2, 0) is 4.79 Å². The van der Waals surface area contributed by atoms with E-state index in [1.54, 1.807) is 31.5 Å². The molecule has 7 nitrogen and oxygen atoms in total. The Kier molecular flexibility index (Phi) is 4.97. The topological polar surface area (TPSA) is 81.8 Å². The van der Waals surface area contributed by atoms with Gasteiger partial charge in [0.25, 0.3) is 5.56 Å². The van der Waals surface area contributed by atoms with Crippen LogP contribution < -0.4 is 10.9 Å². The summed E-state index contributed by atoms with van der Waals surface area (Å²) >= 11 is 0. The molecule has 0 saturated heterocycles. The van der Waals surface area contributed by atoms with Crippen LogP contribution >= 0.6 is 0 Å². The van der Waals surface area contributed by atoms with Crippen LogP contribution in [0.3, 0.4) is 0 Å². The number of hydrogen-bond acceptors (Lipinski definition) is 4. The van der Waals surface area contributed by atoms with Gasteiger partial charge in [0.05, 0.1) is 0 Å². The van der Waals surface area contributed by atoms with E-state index in [1.165, 1.54) is 16.3 Å². The number of aromatic nitrogens is 4. The van der Waals surface area contributed by atoms with Crippen LogP contribution in [0.2, 0.25) is 0 Å². The summed E-state index contributed by atoms with van der Waals surface area (Å²) in [6, 6.07) is 11.6. The first-order valence-corrected chi connectivity index (χ1v) is 8.46. The maximum absolute atomic E-state index is 12.5. The molecular formula is C19H21N5O2. The third kappa shape index (κ3) is 3.72. The Bertz CT molecular complexity index is 943. The zero-order valence-electron chi connectivity index (χ0n) is 15.0. The summed E-state index contributed by atoms with van der Waals surface area (Å²) in [5.41, 5.74) is 1.53. The van der Waals surface area contributed by atoms with E-state index < -0.39 is 6.04 Å². The van der Waals surface area contributed by atoms with E-state index in [0.29, 0.717) is 17.4 Å². The second-order valence-electron chi connectivity index (χ2n) is 6.37. The van der Waals surface area contributed by atoms with Crippen molar-refractivity contribution in [3.63, 3.8) is 0 Å². The van der Waals surface area contributed by atoms with Gasteiger partial charge < -0.3 is 5.32 Å². The monoisotopic (exact) mass is 351 g/mol. The molecule has 0 saturated carbocycles. The van der Waals surface area contributed by atoms with Crippen LogP contribution in [0.15, 0.2) is 59.7 Å². The minimum absolute atomic E-state index is 0.311. The molecule has 3 aromatic rings. The minimum Gasteiger partial charge on any atom is -0.324 e. The van der Waals surface area contributed by atoms with Gasteiger partial charge >= 0.3 is 0 Å². The summed E-state index contributed by atoms with van der Waals surface area (Å²) in [5, 5.41) is 11.2. The van der Waals surface area contributed by atoms with E-state index in [0.717, 1.165) is 4.68 Å². The predicted octanol–water partition coefficient (Wildman–Crippen LogP) is 2.75. The lowest BCUT2D eigenvalue weighted by Gasteiger charge is -2.15. The third-order valence-electron chi connectivity index (χ3n) is 4.14. The summed E-state index contributed by atoms with van der Waals surface area (Å²) in [5.74, 6) is 0.580. The molecule has 3 rings (SSSR count). The molecule has 0 bridgehead atoms. The standard InChI is InChI=1S/C19H21N5O2/c1-13(2)15-5-7-16(8-6-15)21-19(26)14(3)24-18(25)10-9-17(22-24)23-12-4-11-20-23/h4-14H,1-3H3,(H,21,26). The van der Waals surface area contributed by atoms with Gasteiger partial charge in [-0.1, -0.05) is 26.0 Å². The van der Waals surface area contributed by atoms with Crippen LogP contribution in [0.4, 0.5) is 5.69 Å². The van der Waals surface area contributed by atoms with Gasteiger partial charge in [0, 0.05) is 24.1 Å². The quantitative estimate of drug-likeness (QED) is 0.766. The molecule has 1 unspecified atom stereocenters. The second-order valence-corrected chi connectivity index (χ2v) is 6.37. The Labute approximate surface area is 151 Å². The fraction of sp³-hybridized carbons (Fsp3) is 0.263. The van der Waals surface area contributed by atoms with Crippen molar-refractivity contribution >= 4 is 11.6 Å². The van der Waals surface area contributed by atoms with Crippen molar-refractivity contribution in [3.8, 4) is 5.82 Å². The molecule has 134 valence electrons. The van der Waals surface area contributed by atoms with E-state index in [4.69, 9.17) is 0 Å². The number of nitrogens with one attached hydrogen (secondary N) is 1. The van der Waals surface area contributed by atoms with Crippen molar-refractivity contribution in [3.05, 3.63) is 70.8 Å². The zero-order valence-corrected chi connectivity index (χ0v) is 15.0. The molecule has 26 heavy (non-hydrogen) atoms. The number of hydrogen-bond donors (Lipinski definition) is 1. The zero-order chi connectivity index (χ0) is 18.7. The van der Waals surface area contributed by atoms with Crippen LogP contribution in [-0.4, -0.2) is 25.5 Å². The smallest absolute Gasteiger partial charge is 0.267 e.